The number of nitrogens with zero attached hydrogens (tertiary/aromatic N) is 2. The quantitative estimate of drug-likeness (QED) is 0.266. The number of aromatic nitrogens is 2. The Bertz CT molecular complexity index is 1070. The zero-order valence-electron chi connectivity index (χ0n) is 17.7. The maximum Gasteiger partial charge on any atom is 0.314 e. The van der Waals surface area contributed by atoms with Crippen molar-refractivity contribution < 1.29 is 38.6 Å². The van der Waals surface area contributed by atoms with Gasteiger partial charge in [0, 0.05) is 18.8 Å². The number of anilines is 2. The van der Waals surface area contributed by atoms with E-state index in [0.29, 0.717) is 5.69 Å². The highest BCUT2D eigenvalue weighted by Crippen LogP contribution is 2.12. The van der Waals surface area contributed by atoms with Gasteiger partial charge in [-0.1, -0.05) is 0 Å². The first kappa shape index (κ1) is 27.2. The number of ether oxygens (including phenoxy) is 1. The first-order chi connectivity index (χ1) is 16.0. The van der Waals surface area contributed by atoms with Crippen LogP contribution in [-0.2, 0) is 23.9 Å². The number of amides is 3. The van der Waals surface area contributed by atoms with Crippen molar-refractivity contribution in [2.24, 2.45) is 11.5 Å². The van der Waals surface area contributed by atoms with Gasteiger partial charge >= 0.3 is 17.9 Å². The van der Waals surface area contributed by atoms with Gasteiger partial charge in [-0.05, 0) is 24.3 Å². The third-order valence-electron chi connectivity index (χ3n) is 3.71. The summed E-state index contributed by atoms with van der Waals surface area (Å²) >= 11 is 0. The number of hydrogen-bond acceptors (Lipinski definition) is 10. The Labute approximate surface area is 192 Å². The van der Waals surface area contributed by atoms with Crippen LogP contribution in [0.2, 0.25) is 0 Å². The minimum atomic E-state index is -1.07. The average Bonchev–Trinajstić information content (AvgIpc) is 3.16. The van der Waals surface area contributed by atoms with E-state index < -0.39 is 35.6 Å². The Kier molecular flexibility index (Phi) is 10.8. The van der Waals surface area contributed by atoms with Gasteiger partial charge in [-0.3, -0.25) is 28.8 Å². The van der Waals surface area contributed by atoms with Gasteiger partial charge in [0.15, 0.2) is 11.4 Å². The second-order valence-corrected chi connectivity index (χ2v) is 6.36. The Morgan fingerprint density at radius 3 is 1.85 bits per heavy atom. The number of carbonyl (C=O) groups excluding carboxylic acids is 5. The van der Waals surface area contributed by atoms with Crippen molar-refractivity contribution in [3.63, 3.8) is 0 Å². The van der Waals surface area contributed by atoms with Crippen molar-refractivity contribution in [2.45, 2.75) is 25.7 Å². The lowest BCUT2D eigenvalue weighted by Gasteiger charge is -2.06. The molecule has 0 spiro atoms. The molecule has 34 heavy (non-hydrogen) atoms. The predicted octanol–water partition coefficient (Wildman–Crippen LogP) is -0.403. The number of carbonyl (C=O) groups is 6. The number of esters is 2. The molecule has 0 saturated carbocycles. The SMILES string of the molecule is NC(=O)c1ncccc1N.NC(=O)c1ncccc1NC(=O)CCC(=O)O.O=C1CCC(=O)O1. The summed E-state index contributed by atoms with van der Waals surface area (Å²) in [5.74, 6) is -3.74. The second-order valence-electron chi connectivity index (χ2n) is 6.36. The molecule has 1 aliphatic heterocycles. The molecule has 14 nitrogen and oxygen atoms in total. The Hall–Kier alpha value is -4.88. The lowest BCUT2D eigenvalue weighted by Crippen LogP contribution is -2.19. The summed E-state index contributed by atoms with van der Waals surface area (Å²) in [4.78, 5) is 70.5. The molecule has 14 heteroatoms. The van der Waals surface area contributed by atoms with Gasteiger partial charge in [0.25, 0.3) is 11.8 Å². The fourth-order valence-electron chi connectivity index (χ4n) is 2.19. The van der Waals surface area contributed by atoms with Crippen molar-refractivity contribution in [2.75, 3.05) is 11.1 Å². The smallest absolute Gasteiger partial charge is 0.314 e. The highest BCUT2D eigenvalue weighted by Gasteiger charge is 2.19. The number of carboxylic acid groups (broad SMARTS) is 1. The third-order valence-corrected chi connectivity index (χ3v) is 3.71. The fourth-order valence-corrected chi connectivity index (χ4v) is 2.19. The van der Waals surface area contributed by atoms with Crippen LogP contribution in [0.1, 0.15) is 46.7 Å². The van der Waals surface area contributed by atoms with Crippen molar-refractivity contribution in [3.05, 3.63) is 48.0 Å². The van der Waals surface area contributed by atoms with Crippen LogP contribution in [0.25, 0.3) is 0 Å². The zero-order chi connectivity index (χ0) is 25.7. The highest BCUT2D eigenvalue weighted by molar-refractivity contribution is 6.01. The number of cyclic esters (lactones) is 2. The molecule has 0 atom stereocenters. The van der Waals surface area contributed by atoms with E-state index in [4.69, 9.17) is 22.3 Å². The highest BCUT2D eigenvalue weighted by atomic mass is 16.6. The van der Waals surface area contributed by atoms with Crippen molar-refractivity contribution in [1.82, 2.24) is 9.97 Å². The van der Waals surface area contributed by atoms with Crippen LogP contribution < -0.4 is 22.5 Å². The van der Waals surface area contributed by atoms with Gasteiger partial charge in [0.05, 0.1) is 30.6 Å². The molecule has 1 aliphatic rings. The molecule has 0 aliphatic carbocycles. The zero-order valence-corrected chi connectivity index (χ0v) is 17.7. The molecule has 0 bridgehead atoms. The van der Waals surface area contributed by atoms with Gasteiger partial charge in [0.1, 0.15) is 0 Å². The van der Waals surface area contributed by atoms with E-state index in [1.807, 2.05) is 0 Å². The molecule has 180 valence electrons. The number of nitrogens with two attached hydrogens (primary N) is 3. The number of primary amides is 2. The summed E-state index contributed by atoms with van der Waals surface area (Å²) in [5, 5.41) is 10.8. The van der Waals surface area contributed by atoms with Crippen LogP contribution in [-0.4, -0.2) is 50.7 Å². The van der Waals surface area contributed by atoms with E-state index >= 15 is 0 Å². The van der Waals surface area contributed by atoms with E-state index in [-0.39, 0.29) is 42.8 Å². The predicted molar refractivity (Wildman–Crippen MR) is 116 cm³/mol. The molecule has 1 fully saturated rings. The van der Waals surface area contributed by atoms with Crippen LogP contribution >= 0.6 is 0 Å². The minimum absolute atomic E-state index is 0.0591. The maximum absolute atomic E-state index is 11.3. The van der Waals surface area contributed by atoms with Crippen LogP contribution in [0.5, 0.6) is 0 Å². The number of nitrogens with one attached hydrogen (secondary N) is 1. The number of pyridine rings is 2. The van der Waals surface area contributed by atoms with Gasteiger partial charge in [-0.15, -0.1) is 0 Å². The van der Waals surface area contributed by atoms with Gasteiger partial charge in [-0.25, -0.2) is 9.97 Å². The molecule has 3 rings (SSSR count). The lowest BCUT2D eigenvalue weighted by atomic mass is 10.2. The molecule has 2 aromatic rings. The Morgan fingerprint density at radius 2 is 1.44 bits per heavy atom. The summed E-state index contributed by atoms with van der Waals surface area (Å²) in [6.45, 7) is 0. The number of nitrogen functional groups attached to an aromatic ring is 1. The standard InChI is InChI=1S/C10H11N3O4.C6H7N3O.C4H4O3/c11-10(17)9-6(2-1-5-12-9)13-7(14)3-4-8(15)16;7-4-2-1-3-9-5(4)6(8)10;5-3-1-2-4(6)7-3/h1-2,5H,3-4H2,(H2,11,17)(H,13,14)(H,15,16);1-3H,7H2,(H2,8,10);1-2H2. The van der Waals surface area contributed by atoms with Gasteiger partial charge in [-0.2, -0.15) is 0 Å². The van der Waals surface area contributed by atoms with E-state index in [1.165, 1.54) is 24.5 Å². The van der Waals surface area contributed by atoms with Crippen LogP contribution in [0, 0.1) is 0 Å². The Morgan fingerprint density at radius 1 is 0.912 bits per heavy atom. The molecule has 2 aromatic heterocycles. The molecular formula is C20H22N6O8. The number of aliphatic carboxylic acids is 1. The summed E-state index contributed by atoms with van der Waals surface area (Å²) in [6.07, 6.45) is 2.90. The van der Waals surface area contributed by atoms with Gasteiger partial charge in [0.2, 0.25) is 5.91 Å². The number of hydrogen-bond donors (Lipinski definition) is 5. The van der Waals surface area contributed by atoms with E-state index in [1.54, 1.807) is 12.1 Å². The molecule has 0 unspecified atom stereocenters. The lowest BCUT2D eigenvalue weighted by molar-refractivity contribution is -0.152. The Balaban J connectivity index is 0.000000285. The van der Waals surface area contributed by atoms with Crippen molar-refractivity contribution in [1.29, 1.82) is 0 Å². The van der Waals surface area contributed by atoms with E-state index in [0.717, 1.165) is 0 Å². The van der Waals surface area contributed by atoms with Crippen LogP contribution in [0.4, 0.5) is 11.4 Å². The number of carboxylic acids is 1. The first-order valence-electron chi connectivity index (χ1n) is 9.51. The monoisotopic (exact) mass is 474 g/mol. The fraction of sp³-hybridized carbons (Fsp3) is 0.200. The molecular weight excluding hydrogens is 452 g/mol. The molecule has 0 radical (unpaired) electrons. The minimum Gasteiger partial charge on any atom is -0.481 e. The van der Waals surface area contributed by atoms with Crippen molar-refractivity contribution >= 4 is 47.0 Å². The first-order valence-corrected chi connectivity index (χ1v) is 9.51. The second kappa shape index (κ2) is 13.5. The van der Waals surface area contributed by atoms with Crippen LogP contribution in [0.3, 0.4) is 0 Å². The normalized spacial score (nSPS) is 11.6. The summed E-state index contributed by atoms with van der Waals surface area (Å²) in [7, 11) is 0. The molecule has 0 aromatic carbocycles. The summed E-state index contributed by atoms with van der Waals surface area (Å²) in [6, 6.07) is 6.21. The van der Waals surface area contributed by atoms with Crippen LogP contribution in [0.15, 0.2) is 36.7 Å². The average molecular weight is 474 g/mol. The molecule has 3 amide bonds. The van der Waals surface area contributed by atoms with E-state index in [2.05, 4.69) is 20.0 Å². The summed E-state index contributed by atoms with van der Waals surface area (Å²) < 4.78 is 4.08. The summed E-state index contributed by atoms with van der Waals surface area (Å²) in [5.41, 5.74) is 15.9. The molecule has 3 heterocycles. The number of rotatable bonds is 6. The van der Waals surface area contributed by atoms with Crippen molar-refractivity contribution in [3.8, 4) is 0 Å². The molecule has 8 N–H and O–H groups in total. The topological polar surface area (TPSA) is 248 Å². The van der Waals surface area contributed by atoms with E-state index in [9.17, 15) is 28.8 Å². The largest absolute Gasteiger partial charge is 0.481 e. The third kappa shape index (κ3) is 9.95. The molecule has 1 saturated heterocycles. The maximum atomic E-state index is 11.3. The van der Waals surface area contributed by atoms with Gasteiger partial charge < -0.3 is 32.4 Å².